The van der Waals surface area contributed by atoms with Gasteiger partial charge in [-0.1, -0.05) is 6.07 Å². The summed E-state index contributed by atoms with van der Waals surface area (Å²) in [7, 11) is 0. The SMILES string of the molecule is NC(CNC(=O)CCn1nc2ccccn2c1=O)C1CC1. The zero-order chi connectivity index (χ0) is 14.8. The van der Waals surface area contributed by atoms with E-state index >= 15 is 0 Å². The number of nitrogens with one attached hydrogen (secondary N) is 1. The molecule has 1 amide bonds. The highest BCUT2D eigenvalue weighted by atomic mass is 16.2. The Balaban J connectivity index is 1.54. The first-order valence-electron chi connectivity index (χ1n) is 7.21. The van der Waals surface area contributed by atoms with E-state index in [0.717, 1.165) is 12.8 Å². The van der Waals surface area contributed by atoms with Crippen molar-refractivity contribution >= 4 is 11.6 Å². The van der Waals surface area contributed by atoms with Crippen molar-refractivity contribution in [1.29, 1.82) is 0 Å². The Bertz CT molecular complexity index is 701. The molecule has 112 valence electrons. The van der Waals surface area contributed by atoms with E-state index in [0.29, 0.717) is 18.1 Å². The molecule has 2 aromatic rings. The highest BCUT2D eigenvalue weighted by Crippen LogP contribution is 2.31. The summed E-state index contributed by atoms with van der Waals surface area (Å²) in [6.07, 6.45) is 4.21. The highest BCUT2D eigenvalue weighted by Gasteiger charge is 2.28. The molecule has 0 aliphatic heterocycles. The first kappa shape index (κ1) is 13.8. The summed E-state index contributed by atoms with van der Waals surface area (Å²) in [6, 6.07) is 5.39. The zero-order valence-corrected chi connectivity index (χ0v) is 11.7. The van der Waals surface area contributed by atoms with Gasteiger partial charge in [0.1, 0.15) is 0 Å². The molecule has 1 fully saturated rings. The molecule has 21 heavy (non-hydrogen) atoms. The Morgan fingerprint density at radius 2 is 2.29 bits per heavy atom. The Morgan fingerprint density at radius 1 is 1.48 bits per heavy atom. The number of amides is 1. The summed E-state index contributed by atoms with van der Waals surface area (Å²) >= 11 is 0. The number of aryl methyl sites for hydroxylation is 1. The van der Waals surface area contributed by atoms with Crippen LogP contribution < -0.4 is 16.7 Å². The van der Waals surface area contributed by atoms with Crippen molar-refractivity contribution in [2.24, 2.45) is 11.7 Å². The molecule has 3 N–H and O–H groups in total. The van der Waals surface area contributed by atoms with E-state index in [1.807, 2.05) is 6.07 Å². The van der Waals surface area contributed by atoms with Crippen LogP contribution in [0.1, 0.15) is 19.3 Å². The molecule has 0 bridgehead atoms. The summed E-state index contributed by atoms with van der Waals surface area (Å²) < 4.78 is 2.77. The zero-order valence-electron chi connectivity index (χ0n) is 11.7. The number of carbonyl (C=O) groups is 1. The molecule has 7 heteroatoms. The van der Waals surface area contributed by atoms with Gasteiger partial charge in [0.2, 0.25) is 5.91 Å². The smallest absolute Gasteiger partial charge is 0.350 e. The van der Waals surface area contributed by atoms with Crippen molar-refractivity contribution in [3.8, 4) is 0 Å². The van der Waals surface area contributed by atoms with Crippen molar-refractivity contribution < 1.29 is 4.79 Å². The Morgan fingerprint density at radius 3 is 3.00 bits per heavy atom. The molecule has 2 aromatic heterocycles. The molecule has 2 heterocycles. The van der Waals surface area contributed by atoms with Crippen LogP contribution in [-0.4, -0.2) is 32.7 Å². The van der Waals surface area contributed by atoms with Gasteiger partial charge in [0.05, 0.1) is 6.54 Å². The Kier molecular flexibility index (Phi) is 3.74. The summed E-state index contributed by atoms with van der Waals surface area (Å²) in [5, 5.41) is 6.99. The predicted octanol–water partition coefficient (Wildman–Crippen LogP) is -0.260. The lowest BCUT2D eigenvalue weighted by Gasteiger charge is -2.11. The van der Waals surface area contributed by atoms with Crippen LogP contribution in [0, 0.1) is 5.92 Å². The summed E-state index contributed by atoms with van der Waals surface area (Å²) in [5.74, 6) is 0.460. The molecule has 1 aliphatic carbocycles. The number of fused-ring (bicyclic) bond motifs is 1. The van der Waals surface area contributed by atoms with Crippen LogP contribution in [-0.2, 0) is 11.3 Å². The lowest BCUT2D eigenvalue weighted by atomic mass is 10.2. The van der Waals surface area contributed by atoms with Crippen LogP contribution in [0.15, 0.2) is 29.2 Å². The van der Waals surface area contributed by atoms with Gasteiger partial charge in [-0.15, -0.1) is 5.10 Å². The first-order chi connectivity index (χ1) is 10.1. The van der Waals surface area contributed by atoms with Crippen LogP contribution in [0.2, 0.25) is 0 Å². The quantitative estimate of drug-likeness (QED) is 0.766. The molecule has 7 nitrogen and oxygen atoms in total. The second-order valence-corrected chi connectivity index (χ2v) is 5.49. The summed E-state index contributed by atoms with van der Waals surface area (Å²) in [6.45, 7) is 0.772. The second-order valence-electron chi connectivity index (χ2n) is 5.49. The van der Waals surface area contributed by atoms with Gasteiger partial charge in [-0.3, -0.25) is 9.20 Å². The maximum Gasteiger partial charge on any atom is 0.350 e. The number of pyridine rings is 1. The van der Waals surface area contributed by atoms with Gasteiger partial charge in [-0.2, -0.15) is 0 Å². The number of hydrogen-bond donors (Lipinski definition) is 2. The van der Waals surface area contributed by atoms with Crippen LogP contribution in [0.5, 0.6) is 0 Å². The van der Waals surface area contributed by atoms with Crippen LogP contribution in [0.4, 0.5) is 0 Å². The van der Waals surface area contributed by atoms with Crippen LogP contribution >= 0.6 is 0 Å². The largest absolute Gasteiger partial charge is 0.354 e. The lowest BCUT2D eigenvalue weighted by molar-refractivity contribution is -0.121. The van der Waals surface area contributed by atoms with E-state index in [-0.39, 0.29) is 30.6 Å². The Hall–Kier alpha value is -2.15. The minimum Gasteiger partial charge on any atom is -0.354 e. The molecule has 1 aliphatic rings. The van der Waals surface area contributed by atoms with Crippen molar-refractivity contribution in [2.75, 3.05) is 6.54 Å². The number of rotatable bonds is 6. The molecule has 0 aromatic carbocycles. The fourth-order valence-electron chi connectivity index (χ4n) is 2.33. The third kappa shape index (κ3) is 3.13. The van der Waals surface area contributed by atoms with Gasteiger partial charge in [0.15, 0.2) is 5.65 Å². The average Bonchev–Trinajstić information content (AvgIpc) is 3.29. The maximum absolute atomic E-state index is 12.0. The fourth-order valence-corrected chi connectivity index (χ4v) is 2.33. The van der Waals surface area contributed by atoms with Crippen LogP contribution in [0.25, 0.3) is 5.65 Å². The molecule has 0 saturated heterocycles. The summed E-state index contributed by atoms with van der Waals surface area (Å²) in [4.78, 5) is 23.8. The van der Waals surface area contributed by atoms with Gasteiger partial charge in [0, 0.05) is 25.2 Å². The molecule has 0 spiro atoms. The number of nitrogens with zero attached hydrogens (tertiary/aromatic N) is 3. The monoisotopic (exact) mass is 289 g/mol. The number of carbonyl (C=O) groups excluding carboxylic acids is 1. The maximum atomic E-state index is 12.0. The van der Waals surface area contributed by atoms with Gasteiger partial charge in [-0.05, 0) is 30.9 Å². The Labute approximate surface area is 121 Å². The van der Waals surface area contributed by atoms with Crippen LogP contribution in [0.3, 0.4) is 0 Å². The fraction of sp³-hybridized carbons (Fsp3) is 0.500. The first-order valence-corrected chi connectivity index (χ1v) is 7.21. The second kappa shape index (κ2) is 5.69. The molecular weight excluding hydrogens is 270 g/mol. The minimum atomic E-state index is -0.229. The number of nitrogens with two attached hydrogens (primary N) is 1. The molecule has 3 rings (SSSR count). The lowest BCUT2D eigenvalue weighted by Crippen LogP contribution is -2.39. The van der Waals surface area contributed by atoms with E-state index in [4.69, 9.17) is 5.73 Å². The molecular formula is C14H19N5O2. The van der Waals surface area contributed by atoms with Crippen molar-refractivity contribution in [3.63, 3.8) is 0 Å². The van der Waals surface area contributed by atoms with Gasteiger partial charge >= 0.3 is 5.69 Å². The minimum absolute atomic E-state index is 0.0480. The topological polar surface area (TPSA) is 94.4 Å². The normalized spacial score (nSPS) is 16.0. The molecule has 0 radical (unpaired) electrons. The van der Waals surface area contributed by atoms with E-state index in [2.05, 4.69) is 10.4 Å². The van der Waals surface area contributed by atoms with E-state index < -0.39 is 0 Å². The van der Waals surface area contributed by atoms with Crippen molar-refractivity contribution in [3.05, 3.63) is 34.9 Å². The van der Waals surface area contributed by atoms with Gasteiger partial charge in [0.25, 0.3) is 0 Å². The van der Waals surface area contributed by atoms with E-state index in [9.17, 15) is 9.59 Å². The van der Waals surface area contributed by atoms with Crippen molar-refractivity contribution in [1.82, 2.24) is 19.5 Å². The van der Waals surface area contributed by atoms with Gasteiger partial charge in [-0.25, -0.2) is 9.48 Å². The molecule has 1 unspecified atom stereocenters. The van der Waals surface area contributed by atoms with E-state index in [1.54, 1.807) is 18.3 Å². The molecule has 1 atom stereocenters. The predicted molar refractivity (Wildman–Crippen MR) is 77.8 cm³/mol. The van der Waals surface area contributed by atoms with Gasteiger partial charge < -0.3 is 11.1 Å². The van der Waals surface area contributed by atoms with E-state index in [1.165, 1.54) is 9.08 Å². The summed E-state index contributed by atoms with van der Waals surface area (Å²) in [5.41, 5.74) is 6.28. The highest BCUT2D eigenvalue weighted by molar-refractivity contribution is 5.75. The third-order valence-corrected chi connectivity index (χ3v) is 3.80. The third-order valence-electron chi connectivity index (χ3n) is 3.80. The molecule has 1 saturated carbocycles. The average molecular weight is 289 g/mol. The van der Waals surface area contributed by atoms with Crippen molar-refractivity contribution in [2.45, 2.75) is 31.8 Å². The number of aromatic nitrogens is 3. The number of hydrogen-bond acceptors (Lipinski definition) is 4. The standard InChI is InChI=1S/C14H19N5O2/c15-11(10-4-5-10)9-16-13(20)6-8-19-14(21)18-7-2-1-3-12(18)17-19/h1-3,7,10-11H,4-6,8-9,15H2,(H,16,20).